The molecule has 1 N–H and O–H groups in total. The van der Waals surface area contributed by atoms with E-state index in [2.05, 4.69) is 10.3 Å². The summed E-state index contributed by atoms with van der Waals surface area (Å²) in [6.07, 6.45) is 0. The third-order valence-electron chi connectivity index (χ3n) is 5.63. The van der Waals surface area contributed by atoms with Crippen molar-refractivity contribution in [3.8, 4) is 5.75 Å². The average molecular weight is 397 g/mol. The van der Waals surface area contributed by atoms with Gasteiger partial charge in [-0.3, -0.25) is 4.79 Å². The van der Waals surface area contributed by atoms with Gasteiger partial charge in [-0.25, -0.2) is 4.68 Å². The highest BCUT2D eigenvalue weighted by Gasteiger charge is 2.41. The fourth-order valence-electron chi connectivity index (χ4n) is 4.03. The first-order valence-electron chi connectivity index (χ1n) is 9.41. The maximum absolute atomic E-state index is 12.7. The summed E-state index contributed by atoms with van der Waals surface area (Å²) in [6.45, 7) is 5.56. The van der Waals surface area contributed by atoms with E-state index in [9.17, 15) is 9.90 Å². The molecule has 1 unspecified atom stereocenters. The van der Waals surface area contributed by atoms with Crippen LogP contribution in [0.4, 0.5) is 0 Å². The van der Waals surface area contributed by atoms with Crippen LogP contribution in [0.3, 0.4) is 0 Å². The summed E-state index contributed by atoms with van der Waals surface area (Å²) in [5.41, 5.74) is 4.32. The fraction of sp³-hybridized carbons (Fsp3) is 0.409. The number of esters is 1. The van der Waals surface area contributed by atoms with Crippen molar-refractivity contribution in [3.05, 3.63) is 52.6 Å². The zero-order chi connectivity index (χ0) is 21.3. The number of aliphatic hydroxyl groups is 1. The summed E-state index contributed by atoms with van der Waals surface area (Å²) >= 11 is 0. The molecular weight excluding hydrogens is 370 g/mol. The zero-order valence-corrected chi connectivity index (χ0v) is 17.7. The maximum atomic E-state index is 12.7. The van der Waals surface area contributed by atoms with Gasteiger partial charge >= 0.3 is 5.97 Å². The molecule has 0 saturated carbocycles. The molecule has 154 valence electrons. The van der Waals surface area contributed by atoms with E-state index in [0.717, 1.165) is 27.7 Å². The van der Waals surface area contributed by atoms with Crippen molar-refractivity contribution in [2.24, 2.45) is 12.5 Å². The Morgan fingerprint density at radius 2 is 1.97 bits per heavy atom. The molecule has 0 radical (unpaired) electrons. The molecule has 1 heterocycles. The first-order valence-corrected chi connectivity index (χ1v) is 9.41. The van der Waals surface area contributed by atoms with Gasteiger partial charge in [0.05, 0.1) is 31.8 Å². The van der Waals surface area contributed by atoms with E-state index in [1.165, 1.54) is 7.11 Å². The predicted molar refractivity (Wildman–Crippen MR) is 110 cm³/mol. The number of aromatic nitrogens is 3. The number of aliphatic hydroxyl groups excluding tert-OH is 1. The Bertz CT molecular complexity index is 1060. The summed E-state index contributed by atoms with van der Waals surface area (Å²) in [6, 6.07) is 9.60. The standard InChI is InChI=1S/C22H27N3O4/c1-13-16(8-9-17-20(13)23-24-25(17)4)19(22(2,3)21(27)29-6)14-7-10-18(28-5)15(11-14)12-26/h7-11,19,26H,12H2,1-6H3. The molecule has 29 heavy (non-hydrogen) atoms. The number of ether oxygens (including phenoxy) is 2. The Balaban J connectivity index is 2.28. The summed E-state index contributed by atoms with van der Waals surface area (Å²) in [4.78, 5) is 12.7. The van der Waals surface area contributed by atoms with E-state index in [1.54, 1.807) is 11.8 Å². The lowest BCUT2D eigenvalue weighted by Gasteiger charge is -2.34. The Morgan fingerprint density at radius 1 is 1.24 bits per heavy atom. The summed E-state index contributed by atoms with van der Waals surface area (Å²) in [5.74, 6) is -0.0351. The third-order valence-corrected chi connectivity index (χ3v) is 5.63. The highest BCUT2D eigenvalue weighted by atomic mass is 16.5. The number of carbonyl (C=O) groups excluding carboxylic acids is 1. The molecule has 1 atom stereocenters. The van der Waals surface area contributed by atoms with E-state index in [0.29, 0.717) is 11.3 Å². The van der Waals surface area contributed by atoms with Gasteiger partial charge in [0.15, 0.2) is 0 Å². The van der Waals surface area contributed by atoms with Crippen molar-refractivity contribution in [1.29, 1.82) is 0 Å². The van der Waals surface area contributed by atoms with E-state index in [-0.39, 0.29) is 18.5 Å². The second kappa shape index (κ2) is 7.83. The zero-order valence-electron chi connectivity index (χ0n) is 17.7. The van der Waals surface area contributed by atoms with Crippen molar-refractivity contribution in [1.82, 2.24) is 15.0 Å². The number of methoxy groups -OCH3 is 2. The molecule has 1 aromatic heterocycles. The number of aryl methyl sites for hydroxylation is 2. The first-order chi connectivity index (χ1) is 13.8. The van der Waals surface area contributed by atoms with E-state index >= 15 is 0 Å². The molecule has 0 aliphatic rings. The third kappa shape index (κ3) is 3.46. The highest BCUT2D eigenvalue weighted by Crippen LogP contribution is 2.44. The Hall–Kier alpha value is -2.93. The van der Waals surface area contributed by atoms with Gasteiger partial charge in [0.25, 0.3) is 0 Å². The molecule has 0 saturated heterocycles. The minimum atomic E-state index is -0.864. The number of hydrogen-bond donors (Lipinski definition) is 1. The molecule has 0 aliphatic heterocycles. The van der Waals surface area contributed by atoms with Crippen LogP contribution >= 0.6 is 0 Å². The summed E-state index contributed by atoms with van der Waals surface area (Å²) < 4.78 is 12.2. The van der Waals surface area contributed by atoms with Crippen LogP contribution in [0.25, 0.3) is 11.0 Å². The fourth-order valence-corrected chi connectivity index (χ4v) is 4.03. The molecule has 7 heteroatoms. The van der Waals surface area contributed by atoms with Crippen LogP contribution in [0.15, 0.2) is 30.3 Å². The van der Waals surface area contributed by atoms with Crippen molar-refractivity contribution in [2.45, 2.75) is 33.3 Å². The number of fused-ring (bicyclic) bond motifs is 1. The van der Waals surface area contributed by atoms with Crippen LogP contribution in [0.5, 0.6) is 5.75 Å². The molecule has 0 spiro atoms. The van der Waals surface area contributed by atoms with Gasteiger partial charge < -0.3 is 14.6 Å². The van der Waals surface area contributed by atoms with Gasteiger partial charge in [-0.2, -0.15) is 0 Å². The van der Waals surface area contributed by atoms with Crippen LogP contribution in [0, 0.1) is 12.3 Å². The van der Waals surface area contributed by atoms with Gasteiger partial charge in [0.1, 0.15) is 11.3 Å². The molecule has 0 fully saturated rings. The molecule has 3 aromatic rings. The minimum absolute atomic E-state index is 0.162. The Labute approximate surface area is 170 Å². The van der Waals surface area contributed by atoms with Gasteiger partial charge in [0, 0.05) is 18.5 Å². The van der Waals surface area contributed by atoms with Crippen molar-refractivity contribution in [2.75, 3.05) is 14.2 Å². The maximum Gasteiger partial charge on any atom is 0.312 e. The monoisotopic (exact) mass is 397 g/mol. The molecule has 3 rings (SSSR count). The second-order valence-corrected chi connectivity index (χ2v) is 7.74. The molecule has 0 amide bonds. The van der Waals surface area contributed by atoms with Crippen molar-refractivity contribution in [3.63, 3.8) is 0 Å². The van der Waals surface area contributed by atoms with Crippen molar-refractivity contribution < 1.29 is 19.4 Å². The molecule has 2 aromatic carbocycles. The van der Waals surface area contributed by atoms with Gasteiger partial charge in [-0.1, -0.05) is 17.3 Å². The minimum Gasteiger partial charge on any atom is -0.496 e. The quantitative estimate of drug-likeness (QED) is 0.643. The number of nitrogens with zero attached hydrogens (tertiary/aromatic N) is 3. The van der Waals surface area contributed by atoms with Crippen LogP contribution in [0.1, 0.15) is 42.0 Å². The lowest BCUT2D eigenvalue weighted by atomic mass is 9.70. The lowest BCUT2D eigenvalue weighted by molar-refractivity contribution is -0.151. The summed E-state index contributed by atoms with van der Waals surface area (Å²) in [7, 11) is 4.81. The number of carbonyl (C=O) groups is 1. The number of rotatable bonds is 6. The molecule has 0 bridgehead atoms. The smallest absolute Gasteiger partial charge is 0.312 e. The first kappa shape index (κ1) is 20.8. The highest BCUT2D eigenvalue weighted by molar-refractivity contribution is 5.82. The van der Waals surface area contributed by atoms with E-state index in [1.807, 2.05) is 58.2 Å². The molecular formula is C22H27N3O4. The second-order valence-electron chi connectivity index (χ2n) is 7.74. The largest absolute Gasteiger partial charge is 0.496 e. The van der Waals surface area contributed by atoms with Gasteiger partial charge in [0.2, 0.25) is 0 Å². The van der Waals surface area contributed by atoms with Gasteiger partial charge in [-0.05, 0) is 55.7 Å². The van der Waals surface area contributed by atoms with E-state index in [4.69, 9.17) is 9.47 Å². The number of hydrogen-bond acceptors (Lipinski definition) is 6. The lowest BCUT2D eigenvalue weighted by Crippen LogP contribution is -2.34. The van der Waals surface area contributed by atoms with Crippen molar-refractivity contribution >= 4 is 17.0 Å². The van der Waals surface area contributed by atoms with Crippen LogP contribution < -0.4 is 4.74 Å². The SMILES string of the molecule is COC(=O)C(C)(C)C(c1ccc(OC)c(CO)c1)c1ccc2c(nnn2C)c1C. The normalized spacial score (nSPS) is 12.8. The molecule has 0 aliphatic carbocycles. The number of benzene rings is 2. The Morgan fingerprint density at radius 3 is 2.59 bits per heavy atom. The average Bonchev–Trinajstić information content (AvgIpc) is 3.10. The van der Waals surface area contributed by atoms with Crippen LogP contribution in [-0.4, -0.2) is 40.3 Å². The molecule has 7 nitrogen and oxygen atoms in total. The van der Waals surface area contributed by atoms with Crippen LogP contribution in [-0.2, 0) is 23.2 Å². The Kier molecular flexibility index (Phi) is 5.61. The topological polar surface area (TPSA) is 86.5 Å². The summed E-state index contributed by atoms with van der Waals surface area (Å²) in [5, 5.41) is 18.2. The van der Waals surface area contributed by atoms with Gasteiger partial charge in [-0.15, -0.1) is 5.10 Å². The van der Waals surface area contributed by atoms with E-state index < -0.39 is 5.41 Å². The van der Waals surface area contributed by atoms with Crippen LogP contribution in [0.2, 0.25) is 0 Å². The predicted octanol–water partition coefficient (Wildman–Crippen LogP) is 3.11.